The van der Waals surface area contributed by atoms with E-state index < -0.39 is 33.2 Å². The van der Waals surface area contributed by atoms with Crippen molar-refractivity contribution < 1.29 is 26.4 Å². The minimum atomic E-state index is -4.80. The van der Waals surface area contributed by atoms with Crippen LogP contribution in [0, 0.1) is 0 Å². The smallest absolute Gasteiger partial charge is 0.351 e. The van der Waals surface area contributed by atoms with Gasteiger partial charge in [-0.05, 0) is 42.9 Å². The quantitative estimate of drug-likeness (QED) is 0.449. The number of piperazine rings is 1. The summed E-state index contributed by atoms with van der Waals surface area (Å²) in [6.45, 7) is 1.81. The molecule has 0 radical (unpaired) electrons. The van der Waals surface area contributed by atoms with Crippen molar-refractivity contribution in [2.75, 3.05) is 42.7 Å². The number of sulfone groups is 1. The summed E-state index contributed by atoms with van der Waals surface area (Å²) in [6.07, 6.45) is 0.645. The Bertz CT molecular complexity index is 1670. The zero-order valence-electron chi connectivity index (χ0n) is 21.9. The summed E-state index contributed by atoms with van der Waals surface area (Å²) in [5, 5.41) is 6.55. The molecule has 7 rings (SSSR count). The molecule has 6 heterocycles. The molecule has 0 aromatic carbocycles. The summed E-state index contributed by atoms with van der Waals surface area (Å²) in [5.41, 5.74) is 0.0206. The average Bonchev–Trinajstić information content (AvgIpc) is 3.34. The Morgan fingerprint density at radius 1 is 1.17 bits per heavy atom. The lowest BCUT2D eigenvalue weighted by Gasteiger charge is -2.29. The number of halogens is 3. The van der Waals surface area contributed by atoms with Crippen LogP contribution in [0.5, 0.6) is 0 Å². The van der Waals surface area contributed by atoms with Crippen molar-refractivity contribution in [1.82, 2.24) is 25.2 Å². The SMILES string of the molecule is CN1CCS(=O)(=O)c2cc(-c3nc(Nc4cnc(N5C[C@H]6C[C@@H]5CN6)cc4C4CC4)ncc3C(F)(F)F)sc2C1=O. The molecular formula is C26H26F3N7O3S2. The lowest BCUT2D eigenvalue weighted by molar-refractivity contribution is -0.137. The monoisotopic (exact) mass is 605 g/mol. The van der Waals surface area contributed by atoms with E-state index in [0.29, 0.717) is 41.2 Å². The van der Waals surface area contributed by atoms with Crippen LogP contribution >= 0.6 is 11.3 Å². The van der Waals surface area contributed by atoms with Crippen LogP contribution in [0.1, 0.15) is 46.0 Å². The van der Waals surface area contributed by atoms with Crippen LogP contribution in [0.2, 0.25) is 0 Å². The number of rotatable bonds is 5. The van der Waals surface area contributed by atoms with Gasteiger partial charge >= 0.3 is 6.18 Å². The van der Waals surface area contributed by atoms with E-state index in [1.807, 2.05) is 0 Å². The third kappa shape index (κ3) is 4.73. The first-order valence-electron chi connectivity index (χ1n) is 13.3. The molecule has 1 amide bonds. The molecule has 3 fully saturated rings. The minimum absolute atomic E-state index is 0.000679. The van der Waals surface area contributed by atoms with Crippen LogP contribution in [-0.4, -0.2) is 78.7 Å². The third-order valence-electron chi connectivity index (χ3n) is 8.13. The number of nitrogens with one attached hydrogen (secondary N) is 2. The van der Waals surface area contributed by atoms with Gasteiger partial charge in [0.15, 0.2) is 9.84 Å². The summed E-state index contributed by atoms with van der Waals surface area (Å²) in [4.78, 5) is 28.7. The molecule has 216 valence electrons. The molecule has 0 spiro atoms. The fraction of sp³-hybridized carbons (Fsp3) is 0.462. The lowest BCUT2D eigenvalue weighted by atomic mass is 10.1. The van der Waals surface area contributed by atoms with Crippen LogP contribution in [0.4, 0.5) is 30.6 Å². The fourth-order valence-electron chi connectivity index (χ4n) is 5.77. The van der Waals surface area contributed by atoms with Crippen LogP contribution in [0.25, 0.3) is 10.6 Å². The van der Waals surface area contributed by atoms with Crippen molar-refractivity contribution in [3.05, 3.63) is 40.5 Å². The molecule has 3 aromatic heterocycles. The van der Waals surface area contributed by atoms with E-state index in [1.54, 1.807) is 6.20 Å². The zero-order chi connectivity index (χ0) is 28.7. The normalized spacial score (nSPS) is 23.6. The van der Waals surface area contributed by atoms with E-state index in [-0.39, 0.29) is 32.9 Å². The Hall–Kier alpha value is -3.30. The number of alkyl halides is 3. The molecule has 2 saturated heterocycles. The van der Waals surface area contributed by atoms with Crippen molar-refractivity contribution in [2.45, 2.75) is 48.3 Å². The van der Waals surface area contributed by atoms with Crippen LogP contribution < -0.4 is 15.5 Å². The van der Waals surface area contributed by atoms with Gasteiger partial charge in [-0.15, -0.1) is 11.3 Å². The van der Waals surface area contributed by atoms with Crippen molar-refractivity contribution in [1.29, 1.82) is 0 Å². The summed E-state index contributed by atoms with van der Waals surface area (Å²) in [7, 11) is -2.41. The number of hydrogen-bond acceptors (Lipinski definition) is 10. The summed E-state index contributed by atoms with van der Waals surface area (Å²) in [6, 6.07) is 4.03. The number of fused-ring (bicyclic) bond motifs is 3. The second-order valence-electron chi connectivity index (χ2n) is 11.0. The molecule has 2 atom stereocenters. The number of anilines is 3. The molecule has 15 heteroatoms. The van der Waals surface area contributed by atoms with Crippen LogP contribution in [-0.2, 0) is 16.0 Å². The van der Waals surface area contributed by atoms with Crippen molar-refractivity contribution in [2.24, 2.45) is 0 Å². The van der Waals surface area contributed by atoms with Gasteiger partial charge < -0.3 is 20.4 Å². The molecule has 1 aliphatic carbocycles. The molecule has 3 aliphatic heterocycles. The fourth-order valence-corrected chi connectivity index (χ4v) is 8.80. The molecule has 3 aromatic rings. The van der Waals surface area contributed by atoms with Gasteiger partial charge in [-0.2, -0.15) is 13.2 Å². The van der Waals surface area contributed by atoms with E-state index in [2.05, 4.69) is 36.6 Å². The predicted octanol–water partition coefficient (Wildman–Crippen LogP) is 3.65. The lowest BCUT2D eigenvalue weighted by Crippen LogP contribution is -2.44. The number of carbonyl (C=O) groups is 1. The van der Waals surface area contributed by atoms with E-state index in [4.69, 9.17) is 0 Å². The Balaban J connectivity index is 1.27. The van der Waals surface area contributed by atoms with Crippen molar-refractivity contribution >= 4 is 44.5 Å². The number of nitrogens with zero attached hydrogens (tertiary/aromatic N) is 5. The maximum absolute atomic E-state index is 14.1. The Labute approximate surface area is 237 Å². The average molecular weight is 606 g/mol. The summed E-state index contributed by atoms with van der Waals surface area (Å²) in [5.74, 6) is 0.247. The van der Waals surface area contributed by atoms with Crippen LogP contribution in [0.15, 0.2) is 29.4 Å². The number of aromatic nitrogens is 3. The second-order valence-corrected chi connectivity index (χ2v) is 14.1. The number of hydrogen-bond donors (Lipinski definition) is 2. The molecular weight excluding hydrogens is 579 g/mol. The highest BCUT2D eigenvalue weighted by atomic mass is 32.2. The molecule has 2 bridgehead atoms. The Kier molecular flexibility index (Phi) is 6.07. The predicted molar refractivity (Wildman–Crippen MR) is 146 cm³/mol. The molecule has 41 heavy (non-hydrogen) atoms. The third-order valence-corrected chi connectivity index (χ3v) is 11.1. The van der Waals surface area contributed by atoms with E-state index in [1.165, 1.54) is 11.9 Å². The van der Waals surface area contributed by atoms with Gasteiger partial charge in [-0.1, -0.05) is 0 Å². The second kappa shape index (κ2) is 9.36. The van der Waals surface area contributed by atoms with Crippen molar-refractivity contribution in [3.8, 4) is 10.6 Å². The van der Waals surface area contributed by atoms with Gasteiger partial charge in [0.25, 0.3) is 5.91 Å². The highest BCUT2D eigenvalue weighted by molar-refractivity contribution is 7.91. The maximum Gasteiger partial charge on any atom is 0.420 e. The van der Waals surface area contributed by atoms with E-state index >= 15 is 0 Å². The van der Waals surface area contributed by atoms with Crippen molar-refractivity contribution in [3.63, 3.8) is 0 Å². The van der Waals surface area contributed by atoms with E-state index in [0.717, 1.165) is 49.8 Å². The van der Waals surface area contributed by atoms with Gasteiger partial charge in [0.05, 0.1) is 33.1 Å². The topological polar surface area (TPSA) is 120 Å². The number of thiophene rings is 1. The minimum Gasteiger partial charge on any atom is -0.351 e. The summed E-state index contributed by atoms with van der Waals surface area (Å²) < 4.78 is 67.8. The van der Waals surface area contributed by atoms with Gasteiger partial charge in [0, 0.05) is 45.0 Å². The van der Waals surface area contributed by atoms with E-state index in [9.17, 15) is 26.4 Å². The molecule has 10 nitrogen and oxygen atoms in total. The van der Waals surface area contributed by atoms with Crippen LogP contribution in [0.3, 0.4) is 0 Å². The highest BCUT2D eigenvalue weighted by Gasteiger charge is 2.40. The standard InChI is InChI=1S/C26H26F3N7O3S2/c1-35-4-5-41(38,39)20-8-19(40-23(20)24(35)37)22-17(26(27,28)29)10-32-25(34-22)33-18-11-31-21(7-16(18)13-2-3-13)36-12-14-6-15(36)9-30-14/h7-8,10-11,13-15,30H,2-6,9,12H2,1H3,(H,32,33,34)/t14-,15-/m1/s1. The Morgan fingerprint density at radius 3 is 2.66 bits per heavy atom. The first-order chi connectivity index (χ1) is 19.5. The largest absolute Gasteiger partial charge is 0.420 e. The van der Waals surface area contributed by atoms with Gasteiger partial charge in [0.1, 0.15) is 16.3 Å². The molecule has 2 N–H and O–H groups in total. The molecule has 1 saturated carbocycles. The zero-order valence-corrected chi connectivity index (χ0v) is 23.5. The Morgan fingerprint density at radius 2 is 1.98 bits per heavy atom. The number of carbonyl (C=O) groups excluding carboxylic acids is 1. The first-order valence-corrected chi connectivity index (χ1v) is 15.8. The van der Waals surface area contributed by atoms with Gasteiger partial charge in [0.2, 0.25) is 5.95 Å². The number of amides is 1. The summed E-state index contributed by atoms with van der Waals surface area (Å²) >= 11 is 0.690. The number of pyridine rings is 1. The van der Waals surface area contributed by atoms with Gasteiger partial charge in [-0.3, -0.25) is 4.79 Å². The first kappa shape index (κ1) is 26.6. The highest BCUT2D eigenvalue weighted by Crippen LogP contribution is 2.46. The molecule has 0 unspecified atom stereocenters. The molecule has 4 aliphatic rings. The van der Waals surface area contributed by atoms with Gasteiger partial charge in [-0.25, -0.2) is 23.4 Å². The maximum atomic E-state index is 14.1.